The molecule has 0 fully saturated rings. The van der Waals surface area contributed by atoms with Gasteiger partial charge in [-0.1, -0.05) is 30.3 Å². The lowest BCUT2D eigenvalue weighted by atomic mass is 10.0. The van der Waals surface area contributed by atoms with E-state index in [2.05, 4.69) is 10.6 Å². The van der Waals surface area contributed by atoms with Gasteiger partial charge in [-0.25, -0.2) is 0 Å². The van der Waals surface area contributed by atoms with Crippen molar-refractivity contribution in [3.63, 3.8) is 0 Å². The molecule has 25 heavy (non-hydrogen) atoms. The summed E-state index contributed by atoms with van der Waals surface area (Å²) in [7, 11) is 1.91. The van der Waals surface area contributed by atoms with Crippen LogP contribution in [0.15, 0.2) is 48.5 Å². The molecule has 0 aliphatic carbocycles. The van der Waals surface area contributed by atoms with Crippen molar-refractivity contribution >= 4 is 5.91 Å². The molecule has 0 bridgehead atoms. The highest BCUT2D eigenvalue weighted by atomic mass is 16.5. The second kappa shape index (κ2) is 9.23. The summed E-state index contributed by atoms with van der Waals surface area (Å²) in [6, 6.07) is 15.5. The van der Waals surface area contributed by atoms with Gasteiger partial charge in [0, 0.05) is 5.56 Å². The Labute approximate surface area is 150 Å². The van der Waals surface area contributed by atoms with E-state index >= 15 is 0 Å². The highest BCUT2D eigenvalue weighted by Gasteiger charge is 2.15. The summed E-state index contributed by atoms with van der Waals surface area (Å²) in [6.45, 7) is 6.83. The van der Waals surface area contributed by atoms with E-state index in [1.54, 1.807) is 0 Å². The van der Waals surface area contributed by atoms with Crippen molar-refractivity contribution in [1.29, 1.82) is 0 Å². The molecule has 0 spiro atoms. The van der Waals surface area contributed by atoms with Gasteiger partial charge in [0.1, 0.15) is 5.75 Å². The molecule has 1 unspecified atom stereocenters. The summed E-state index contributed by atoms with van der Waals surface area (Å²) in [5.74, 6) is 0.775. The molecule has 2 N–H and O–H groups in total. The molecule has 134 valence electrons. The molecule has 0 aromatic heterocycles. The minimum absolute atomic E-state index is 0.0469. The molecule has 4 heteroatoms. The Morgan fingerprint density at radius 2 is 1.84 bits per heavy atom. The first-order valence-corrected chi connectivity index (χ1v) is 8.81. The van der Waals surface area contributed by atoms with Crippen molar-refractivity contribution in [2.45, 2.75) is 39.3 Å². The Morgan fingerprint density at radius 1 is 1.08 bits per heavy atom. The lowest BCUT2D eigenvalue weighted by Crippen LogP contribution is -2.28. The lowest BCUT2D eigenvalue weighted by Gasteiger charge is -2.18. The maximum Gasteiger partial charge on any atom is 0.252 e. The fourth-order valence-corrected chi connectivity index (χ4v) is 2.71. The van der Waals surface area contributed by atoms with Gasteiger partial charge >= 0.3 is 0 Å². The first-order valence-electron chi connectivity index (χ1n) is 8.81. The quantitative estimate of drug-likeness (QED) is 0.770. The number of hydrogen-bond acceptors (Lipinski definition) is 3. The molecule has 2 aromatic carbocycles. The zero-order chi connectivity index (χ0) is 18.2. The van der Waals surface area contributed by atoms with Crippen molar-refractivity contribution in [1.82, 2.24) is 10.6 Å². The van der Waals surface area contributed by atoms with Crippen LogP contribution < -0.4 is 15.4 Å². The molecular weight excluding hydrogens is 312 g/mol. The first-order chi connectivity index (χ1) is 12.0. The number of carbonyl (C=O) groups is 1. The molecule has 2 rings (SSSR count). The van der Waals surface area contributed by atoms with Crippen LogP contribution in [0.3, 0.4) is 0 Å². The number of hydrogen-bond donors (Lipinski definition) is 2. The van der Waals surface area contributed by atoms with Gasteiger partial charge in [-0.15, -0.1) is 0 Å². The summed E-state index contributed by atoms with van der Waals surface area (Å²) in [6.07, 6.45) is 0.950. The maximum atomic E-state index is 12.7. The standard InChI is InChI=1S/C21H28N2O2/c1-15(2)25-19-10-7-9-18(14-19)16(3)23-21(24)20-11-6-5-8-17(20)12-13-22-4/h5-11,14-16,22H,12-13H2,1-4H3,(H,23,24). The van der Waals surface area contributed by atoms with E-state index in [0.717, 1.165) is 35.4 Å². The number of ether oxygens (including phenoxy) is 1. The van der Waals surface area contributed by atoms with E-state index in [1.807, 2.05) is 76.3 Å². The molecule has 0 heterocycles. The monoisotopic (exact) mass is 340 g/mol. The van der Waals surface area contributed by atoms with Crippen molar-refractivity contribution in [3.8, 4) is 5.75 Å². The molecule has 0 radical (unpaired) electrons. The van der Waals surface area contributed by atoms with E-state index in [0.29, 0.717) is 0 Å². The zero-order valence-corrected chi connectivity index (χ0v) is 15.5. The van der Waals surface area contributed by atoms with Crippen LogP contribution in [0.25, 0.3) is 0 Å². The Balaban J connectivity index is 2.10. The van der Waals surface area contributed by atoms with Crippen LogP contribution in [0.1, 0.15) is 48.3 Å². The lowest BCUT2D eigenvalue weighted by molar-refractivity contribution is 0.0938. The van der Waals surface area contributed by atoms with Crippen LogP contribution in [0.5, 0.6) is 5.75 Å². The SMILES string of the molecule is CNCCc1ccccc1C(=O)NC(C)c1cccc(OC(C)C)c1. The number of benzene rings is 2. The van der Waals surface area contributed by atoms with Gasteiger partial charge in [0.25, 0.3) is 5.91 Å². The smallest absolute Gasteiger partial charge is 0.252 e. The highest BCUT2D eigenvalue weighted by molar-refractivity contribution is 5.95. The molecule has 0 aliphatic rings. The van der Waals surface area contributed by atoms with Gasteiger partial charge in [0.05, 0.1) is 12.1 Å². The molecule has 1 amide bonds. The second-order valence-electron chi connectivity index (χ2n) is 6.44. The van der Waals surface area contributed by atoms with Crippen LogP contribution in [0, 0.1) is 0 Å². The van der Waals surface area contributed by atoms with Crippen molar-refractivity contribution < 1.29 is 9.53 Å². The normalized spacial score (nSPS) is 12.0. The number of amides is 1. The molecule has 4 nitrogen and oxygen atoms in total. The molecule has 1 atom stereocenters. The third-order valence-electron chi connectivity index (χ3n) is 3.98. The van der Waals surface area contributed by atoms with Gasteiger partial charge in [-0.3, -0.25) is 4.79 Å². The molecule has 0 saturated carbocycles. The molecular formula is C21H28N2O2. The zero-order valence-electron chi connectivity index (χ0n) is 15.5. The summed E-state index contributed by atoms with van der Waals surface area (Å²) >= 11 is 0. The van der Waals surface area contributed by atoms with Crippen LogP contribution >= 0.6 is 0 Å². The van der Waals surface area contributed by atoms with E-state index in [4.69, 9.17) is 4.74 Å². The van der Waals surface area contributed by atoms with Crippen LogP contribution in [0.2, 0.25) is 0 Å². The first kappa shape index (κ1) is 19.0. The molecule has 2 aromatic rings. The van der Waals surface area contributed by atoms with E-state index < -0.39 is 0 Å². The van der Waals surface area contributed by atoms with Crippen LogP contribution in [-0.4, -0.2) is 25.6 Å². The summed E-state index contributed by atoms with van der Waals surface area (Å²) in [5, 5.41) is 6.22. The third-order valence-corrected chi connectivity index (χ3v) is 3.98. The number of rotatable bonds is 8. The average Bonchev–Trinajstić information content (AvgIpc) is 2.59. The highest BCUT2D eigenvalue weighted by Crippen LogP contribution is 2.21. The second-order valence-corrected chi connectivity index (χ2v) is 6.44. The predicted molar refractivity (Wildman–Crippen MR) is 102 cm³/mol. The predicted octanol–water partition coefficient (Wildman–Crippen LogP) is 3.73. The third kappa shape index (κ3) is 5.61. The van der Waals surface area contributed by atoms with Gasteiger partial charge in [-0.2, -0.15) is 0 Å². The Bertz CT molecular complexity index is 698. The number of nitrogens with one attached hydrogen (secondary N) is 2. The Hall–Kier alpha value is -2.33. The van der Waals surface area contributed by atoms with Gasteiger partial charge in [0.15, 0.2) is 0 Å². The summed E-state index contributed by atoms with van der Waals surface area (Å²) in [5.41, 5.74) is 2.82. The minimum Gasteiger partial charge on any atom is -0.491 e. The molecule has 0 saturated heterocycles. The van der Waals surface area contributed by atoms with Crippen molar-refractivity contribution in [3.05, 3.63) is 65.2 Å². The average molecular weight is 340 g/mol. The largest absolute Gasteiger partial charge is 0.491 e. The number of carbonyl (C=O) groups excluding carboxylic acids is 1. The van der Waals surface area contributed by atoms with Gasteiger partial charge < -0.3 is 15.4 Å². The van der Waals surface area contributed by atoms with E-state index in [1.165, 1.54) is 0 Å². The molecule has 0 aliphatic heterocycles. The summed E-state index contributed by atoms with van der Waals surface area (Å²) < 4.78 is 5.74. The fraction of sp³-hybridized carbons (Fsp3) is 0.381. The Morgan fingerprint density at radius 3 is 2.56 bits per heavy atom. The van der Waals surface area contributed by atoms with Gasteiger partial charge in [0.2, 0.25) is 0 Å². The summed E-state index contributed by atoms with van der Waals surface area (Å²) in [4.78, 5) is 12.7. The van der Waals surface area contributed by atoms with E-state index in [9.17, 15) is 4.79 Å². The van der Waals surface area contributed by atoms with Crippen LogP contribution in [-0.2, 0) is 6.42 Å². The van der Waals surface area contributed by atoms with Crippen molar-refractivity contribution in [2.24, 2.45) is 0 Å². The van der Waals surface area contributed by atoms with Crippen molar-refractivity contribution in [2.75, 3.05) is 13.6 Å². The van der Waals surface area contributed by atoms with Gasteiger partial charge in [-0.05, 0) is 70.1 Å². The fourth-order valence-electron chi connectivity index (χ4n) is 2.71. The minimum atomic E-state index is -0.0967. The Kier molecular flexibility index (Phi) is 7.02. The maximum absolute atomic E-state index is 12.7. The van der Waals surface area contributed by atoms with Crippen LogP contribution in [0.4, 0.5) is 0 Å². The van der Waals surface area contributed by atoms with E-state index in [-0.39, 0.29) is 18.1 Å². The topological polar surface area (TPSA) is 50.4 Å². The number of likely N-dealkylation sites (N-methyl/N-ethyl adjacent to an activating group) is 1.